The van der Waals surface area contributed by atoms with Crippen LogP contribution in [-0.2, 0) is 26.1 Å². The van der Waals surface area contributed by atoms with Crippen molar-refractivity contribution < 1.29 is 9.53 Å². The van der Waals surface area contributed by atoms with E-state index in [-0.39, 0.29) is 5.91 Å². The molecule has 0 bridgehead atoms. The summed E-state index contributed by atoms with van der Waals surface area (Å²) in [6.45, 7) is 1.57. The molecule has 0 unspecified atom stereocenters. The third-order valence-corrected chi connectivity index (χ3v) is 7.67. The number of halogens is 2. The van der Waals surface area contributed by atoms with Crippen molar-refractivity contribution in [1.29, 1.82) is 0 Å². The number of amides is 1. The monoisotopic (exact) mass is 588 g/mol. The number of aryl methyl sites for hydroxylation is 2. The van der Waals surface area contributed by atoms with Crippen molar-refractivity contribution in [3.05, 3.63) is 111 Å². The summed E-state index contributed by atoms with van der Waals surface area (Å²) < 4.78 is 11.1. The molecule has 8 heteroatoms. The first kappa shape index (κ1) is 24.8. The van der Waals surface area contributed by atoms with Gasteiger partial charge in [0.2, 0.25) is 0 Å². The highest BCUT2D eigenvalue weighted by atomic mass is 79.9. The lowest BCUT2D eigenvalue weighted by Gasteiger charge is -2.10. The van der Waals surface area contributed by atoms with Crippen LogP contribution in [0.15, 0.2) is 83.3 Å². The lowest BCUT2D eigenvalue weighted by Crippen LogP contribution is -2.25. The first-order valence-corrected chi connectivity index (χ1v) is 13.8. The Morgan fingerprint density at radius 2 is 1.76 bits per heavy atom. The molecule has 0 saturated carbocycles. The van der Waals surface area contributed by atoms with E-state index in [1.807, 2.05) is 83.4 Å². The topological polar surface area (TPSA) is 60.6 Å². The van der Waals surface area contributed by atoms with E-state index in [9.17, 15) is 4.79 Å². The average Bonchev–Trinajstić information content (AvgIpc) is 3.34. The van der Waals surface area contributed by atoms with Crippen molar-refractivity contribution in [3.8, 4) is 16.9 Å². The van der Waals surface area contributed by atoms with Crippen LogP contribution in [0, 0.1) is 0 Å². The molecular formula is C30H26BrClN4O2. The maximum absolute atomic E-state index is 13.8. The fourth-order valence-electron chi connectivity index (χ4n) is 5.09. The smallest absolute Gasteiger partial charge is 0.270 e. The summed E-state index contributed by atoms with van der Waals surface area (Å²) >= 11 is 9.68. The number of benzene rings is 3. The van der Waals surface area contributed by atoms with Gasteiger partial charge in [0.15, 0.2) is 5.82 Å². The van der Waals surface area contributed by atoms with Gasteiger partial charge < -0.3 is 14.6 Å². The van der Waals surface area contributed by atoms with Crippen LogP contribution in [0.4, 0.5) is 0 Å². The highest BCUT2D eigenvalue weighted by molar-refractivity contribution is 9.10. The molecule has 5 aromatic rings. The molecule has 1 aliphatic rings. The molecule has 6 rings (SSSR count). The van der Waals surface area contributed by atoms with E-state index in [4.69, 9.17) is 21.4 Å². The van der Waals surface area contributed by atoms with Gasteiger partial charge in [-0.3, -0.25) is 4.79 Å². The number of rotatable bonds is 7. The summed E-state index contributed by atoms with van der Waals surface area (Å²) in [5.41, 5.74) is 5.56. The summed E-state index contributed by atoms with van der Waals surface area (Å²) in [7, 11) is 0. The first-order chi connectivity index (χ1) is 18.6. The maximum atomic E-state index is 13.8. The van der Waals surface area contributed by atoms with Crippen LogP contribution in [0.25, 0.3) is 16.8 Å². The normalized spacial score (nSPS) is 12.9. The van der Waals surface area contributed by atoms with Crippen LogP contribution in [-0.4, -0.2) is 20.1 Å². The fraction of sp³-hybridized carbons (Fsp3) is 0.200. The molecule has 192 valence electrons. The third kappa shape index (κ3) is 4.84. The highest BCUT2D eigenvalue weighted by Gasteiger charge is 2.30. The second-order valence-corrected chi connectivity index (χ2v) is 10.7. The van der Waals surface area contributed by atoms with Crippen LogP contribution in [0.1, 0.15) is 40.3 Å². The summed E-state index contributed by atoms with van der Waals surface area (Å²) in [6.07, 6.45) is 2.92. The summed E-state index contributed by atoms with van der Waals surface area (Å²) in [6, 6.07) is 25.4. The molecule has 0 atom stereocenters. The standard InChI is InChI=1S/C30H26BrClN4O2/c31-22-11-15-24(16-12-22)38-19-26-34-36-28(29(37)33-18-20-6-2-1-3-7-20)27(21-9-13-23(32)14-10-21)25-8-4-5-17-35(26)30(25)36/h1-3,6-7,9-16H,4-5,8,17-19H2,(H,33,37). The van der Waals surface area contributed by atoms with E-state index in [0.29, 0.717) is 23.9 Å². The largest absolute Gasteiger partial charge is 0.486 e. The van der Waals surface area contributed by atoms with Gasteiger partial charge in [-0.1, -0.05) is 70.0 Å². The van der Waals surface area contributed by atoms with Crippen LogP contribution in [0.3, 0.4) is 0 Å². The zero-order chi connectivity index (χ0) is 26.1. The molecule has 0 spiro atoms. The molecule has 0 aliphatic carbocycles. The minimum atomic E-state index is -0.161. The van der Waals surface area contributed by atoms with Gasteiger partial charge >= 0.3 is 0 Å². The van der Waals surface area contributed by atoms with Gasteiger partial charge in [0.1, 0.15) is 23.7 Å². The Morgan fingerprint density at radius 3 is 2.53 bits per heavy atom. The van der Waals surface area contributed by atoms with Crippen LogP contribution >= 0.6 is 27.5 Å². The molecule has 3 aromatic carbocycles. The predicted octanol–water partition coefficient (Wildman–Crippen LogP) is 7.06. The quantitative estimate of drug-likeness (QED) is 0.221. The molecule has 0 fully saturated rings. The van der Waals surface area contributed by atoms with Crippen molar-refractivity contribution in [2.45, 2.75) is 39.0 Å². The van der Waals surface area contributed by atoms with Crippen molar-refractivity contribution in [1.82, 2.24) is 19.5 Å². The molecule has 0 radical (unpaired) electrons. The maximum Gasteiger partial charge on any atom is 0.270 e. The average molecular weight is 590 g/mol. The Morgan fingerprint density at radius 1 is 1.00 bits per heavy atom. The molecule has 6 nitrogen and oxygen atoms in total. The van der Waals surface area contributed by atoms with E-state index in [2.05, 4.69) is 25.8 Å². The van der Waals surface area contributed by atoms with E-state index >= 15 is 0 Å². The number of hydrogen-bond donors (Lipinski definition) is 1. The summed E-state index contributed by atoms with van der Waals surface area (Å²) in [5.74, 6) is 1.40. The molecule has 38 heavy (non-hydrogen) atoms. The zero-order valence-electron chi connectivity index (χ0n) is 20.7. The van der Waals surface area contributed by atoms with Gasteiger partial charge in [-0.2, -0.15) is 0 Å². The van der Waals surface area contributed by atoms with E-state index in [0.717, 1.165) is 69.8 Å². The van der Waals surface area contributed by atoms with Crippen LogP contribution < -0.4 is 10.1 Å². The molecular weight excluding hydrogens is 564 g/mol. The van der Waals surface area contributed by atoms with Crippen LogP contribution in [0.5, 0.6) is 5.75 Å². The Kier molecular flexibility index (Phi) is 6.96. The molecule has 2 aromatic heterocycles. The number of ether oxygens (including phenoxy) is 1. The number of carbonyl (C=O) groups excluding carboxylic acids is 1. The lowest BCUT2D eigenvalue weighted by atomic mass is 9.98. The Labute approximate surface area is 234 Å². The Hall–Kier alpha value is -3.55. The van der Waals surface area contributed by atoms with Gasteiger partial charge in [0, 0.05) is 33.7 Å². The van der Waals surface area contributed by atoms with Gasteiger partial charge in [-0.15, -0.1) is 5.10 Å². The van der Waals surface area contributed by atoms with Crippen molar-refractivity contribution in [3.63, 3.8) is 0 Å². The minimum absolute atomic E-state index is 0.161. The van der Waals surface area contributed by atoms with Gasteiger partial charge in [-0.05, 0) is 66.8 Å². The predicted molar refractivity (Wildman–Crippen MR) is 153 cm³/mol. The number of aromatic nitrogens is 3. The van der Waals surface area contributed by atoms with Gasteiger partial charge in [-0.25, -0.2) is 4.52 Å². The Bertz CT molecular complexity index is 1590. The van der Waals surface area contributed by atoms with E-state index in [1.54, 1.807) is 0 Å². The Balaban J connectivity index is 1.44. The lowest BCUT2D eigenvalue weighted by molar-refractivity contribution is 0.0944. The third-order valence-electron chi connectivity index (χ3n) is 6.89. The van der Waals surface area contributed by atoms with Crippen LogP contribution in [0.2, 0.25) is 5.02 Å². The molecule has 1 N–H and O–H groups in total. The number of nitrogens with one attached hydrogen (secondary N) is 1. The van der Waals surface area contributed by atoms with Crippen molar-refractivity contribution >= 4 is 39.1 Å². The molecule has 3 heterocycles. The first-order valence-electron chi connectivity index (χ1n) is 12.7. The second-order valence-electron chi connectivity index (χ2n) is 9.38. The number of nitrogens with zero attached hydrogens (tertiary/aromatic N) is 3. The highest BCUT2D eigenvalue weighted by Crippen LogP contribution is 2.37. The van der Waals surface area contributed by atoms with Crippen molar-refractivity contribution in [2.24, 2.45) is 0 Å². The van der Waals surface area contributed by atoms with Crippen molar-refractivity contribution in [2.75, 3.05) is 0 Å². The fourth-order valence-corrected chi connectivity index (χ4v) is 5.48. The van der Waals surface area contributed by atoms with Gasteiger partial charge in [0.05, 0.1) is 0 Å². The van der Waals surface area contributed by atoms with Gasteiger partial charge in [0.25, 0.3) is 5.91 Å². The molecule has 1 amide bonds. The second kappa shape index (κ2) is 10.7. The minimum Gasteiger partial charge on any atom is -0.486 e. The summed E-state index contributed by atoms with van der Waals surface area (Å²) in [5, 5.41) is 8.74. The molecule has 1 aliphatic heterocycles. The number of hydrogen-bond acceptors (Lipinski definition) is 3. The summed E-state index contributed by atoms with van der Waals surface area (Å²) in [4.78, 5) is 13.8. The SMILES string of the molecule is O=C(NCc1ccccc1)c1c(-c2ccc(Cl)cc2)c2c3n(c(COc4ccc(Br)cc4)nn13)CCCC2. The number of carbonyl (C=O) groups is 1. The molecule has 0 saturated heterocycles. The van der Waals surface area contributed by atoms with E-state index < -0.39 is 0 Å². The van der Waals surface area contributed by atoms with E-state index in [1.165, 1.54) is 0 Å². The zero-order valence-corrected chi connectivity index (χ0v) is 23.0.